The van der Waals surface area contributed by atoms with Crippen molar-refractivity contribution in [2.24, 2.45) is 0 Å². The van der Waals surface area contributed by atoms with E-state index in [0.29, 0.717) is 5.56 Å². The van der Waals surface area contributed by atoms with Crippen LogP contribution < -0.4 is 4.74 Å². The first-order chi connectivity index (χ1) is 10.3. The Morgan fingerprint density at radius 1 is 1.36 bits per heavy atom. The van der Waals surface area contributed by atoms with Gasteiger partial charge in [-0.2, -0.15) is 0 Å². The highest BCUT2D eigenvalue weighted by Crippen LogP contribution is 2.27. The van der Waals surface area contributed by atoms with Crippen LogP contribution in [0.3, 0.4) is 0 Å². The van der Waals surface area contributed by atoms with E-state index in [1.54, 1.807) is 13.0 Å². The van der Waals surface area contributed by atoms with Gasteiger partial charge >= 0.3 is 12.3 Å². The van der Waals surface area contributed by atoms with Crippen molar-refractivity contribution in [3.05, 3.63) is 48.0 Å². The van der Waals surface area contributed by atoms with Crippen LogP contribution >= 0.6 is 0 Å². The molecule has 0 spiro atoms. The lowest BCUT2D eigenvalue weighted by Gasteiger charge is -2.17. The van der Waals surface area contributed by atoms with Gasteiger partial charge in [0.05, 0.1) is 25.7 Å². The zero-order valence-corrected chi connectivity index (χ0v) is 11.8. The number of hydrogen-bond acceptors (Lipinski definition) is 4. The smallest absolute Gasteiger partial charge is 0.464 e. The number of nitrogens with zero attached hydrogens (tertiary/aromatic N) is 2. The van der Waals surface area contributed by atoms with Crippen LogP contribution in [0.15, 0.2) is 36.8 Å². The van der Waals surface area contributed by atoms with Crippen LogP contribution in [-0.2, 0) is 4.74 Å². The molecule has 0 bridgehead atoms. The molecule has 0 aliphatic carbocycles. The summed E-state index contributed by atoms with van der Waals surface area (Å²) in [6.45, 7) is 1.72. The Labute approximate surface area is 124 Å². The van der Waals surface area contributed by atoms with Crippen LogP contribution in [0.4, 0.5) is 13.2 Å². The Balaban J connectivity index is 2.30. The summed E-state index contributed by atoms with van der Waals surface area (Å²) in [6, 6.07) is 5.13. The molecule has 0 amide bonds. The van der Waals surface area contributed by atoms with Crippen molar-refractivity contribution >= 4 is 5.97 Å². The summed E-state index contributed by atoms with van der Waals surface area (Å²) in [5.74, 6) is -0.899. The molecule has 8 heteroatoms. The minimum atomic E-state index is -4.76. The number of imidazole rings is 1. The van der Waals surface area contributed by atoms with Gasteiger partial charge in [-0.05, 0) is 24.6 Å². The van der Waals surface area contributed by atoms with E-state index < -0.39 is 18.4 Å². The van der Waals surface area contributed by atoms with Crippen LogP contribution in [0.25, 0.3) is 0 Å². The van der Waals surface area contributed by atoms with Gasteiger partial charge in [0.25, 0.3) is 0 Å². The second kappa shape index (κ2) is 6.08. The number of rotatable bonds is 4. The number of benzene rings is 1. The van der Waals surface area contributed by atoms with Crippen molar-refractivity contribution in [3.63, 3.8) is 0 Å². The van der Waals surface area contributed by atoms with Crippen LogP contribution in [0.2, 0.25) is 0 Å². The molecule has 0 aliphatic rings. The van der Waals surface area contributed by atoms with Crippen molar-refractivity contribution in [1.82, 2.24) is 9.55 Å². The van der Waals surface area contributed by atoms with Gasteiger partial charge in [-0.25, -0.2) is 9.78 Å². The van der Waals surface area contributed by atoms with Crippen LogP contribution in [0.5, 0.6) is 5.75 Å². The summed E-state index contributed by atoms with van der Waals surface area (Å²) in [4.78, 5) is 15.5. The Morgan fingerprint density at radius 2 is 2.09 bits per heavy atom. The highest BCUT2D eigenvalue weighted by Gasteiger charge is 2.31. The molecule has 1 atom stereocenters. The summed E-state index contributed by atoms with van der Waals surface area (Å²) in [5, 5.41) is 0. The molecule has 0 aliphatic heterocycles. The molecule has 1 aromatic carbocycles. The molecule has 1 unspecified atom stereocenters. The first kappa shape index (κ1) is 15.9. The topological polar surface area (TPSA) is 53.3 Å². The van der Waals surface area contributed by atoms with Gasteiger partial charge in [0.2, 0.25) is 0 Å². The predicted octanol–water partition coefficient (Wildman–Crippen LogP) is 3.18. The number of halogens is 3. The van der Waals surface area contributed by atoms with Gasteiger partial charge in [-0.15, -0.1) is 13.2 Å². The fourth-order valence-corrected chi connectivity index (χ4v) is 2.01. The molecule has 0 radical (unpaired) electrons. The average Bonchev–Trinajstić information content (AvgIpc) is 2.93. The number of alkyl halides is 3. The SMILES string of the molecule is COC(=O)c1cncn1C(C)c1cccc(OC(F)(F)F)c1. The molecule has 0 N–H and O–H groups in total. The monoisotopic (exact) mass is 314 g/mol. The molecule has 22 heavy (non-hydrogen) atoms. The summed E-state index contributed by atoms with van der Waals surface area (Å²) in [7, 11) is 1.24. The fraction of sp³-hybridized carbons (Fsp3) is 0.286. The molecule has 5 nitrogen and oxygen atoms in total. The second-order valence-corrected chi connectivity index (χ2v) is 4.47. The van der Waals surface area contributed by atoms with Gasteiger partial charge in [0.1, 0.15) is 11.4 Å². The summed E-state index contributed by atoms with van der Waals surface area (Å²) in [6.07, 6.45) is -2.01. The van der Waals surface area contributed by atoms with E-state index in [1.165, 1.54) is 42.4 Å². The Kier molecular flexibility index (Phi) is 4.39. The van der Waals surface area contributed by atoms with Crippen LogP contribution in [0, 0.1) is 0 Å². The molecular formula is C14H13F3N2O3. The Bertz CT molecular complexity index is 667. The lowest BCUT2D eigenvalue weighted by Crippen LogP contribution is -2.18. The van der Waals surface area contributed by atoms with Gasteiger partial charge < -0.3 is 14.0 Å². The van der Waals surface area contributed by atoms with Crippen LogP contribution in [-0.4, -0.2) is 29.0 Å². The zero-order valence-electron chi connectivity index (χ0n) is 11.8. The lowest BCUT2D eigenvalue weighted by atomic mass is 10.1. The molecule has 1 aromatic heterocycles. The van der Waals surface area contributed by atoms with E-state index in [9.17, 15) is 18.0 Å². The first-order valence-corrected chi connectivity index (χ1v) is 6.27. The Morgan fingerprint density at radius 3 is 2.73 bits per heavy atom. The number of esters is 1. The zero-order chi connectivity index (χ0) is 16.3. The summed E-state index contributed by atoms with van der Waals surface area (Å²) in [5.41, 5.74) is 0.738. The molecular weight excluding hydrogens is 301 g/mol. The third kappa shape index (κ3) is 3.57. The molecule has 2 rings (SSSR count). The molecule has 2 aromatic rings. The predicted molar refractivity (Wildman–Crippen MR) is 70.5 cm³/mol. The number of methoxy groups -OCH3 is 1. The van der Waals surface area contributed by atoms with E-state index in [0.717, 1.165) is 0 Å². The lowest BCUT2D eigenvalue weighted by molar-refractivity contribution is -0.274. The first-order valence-electron chi connectivity index (χ1n) is 6.27. The van der Waals surface area contributed by atoms with Crippen LogP contribution in [0.1, 0.15) is 29.0 Å². The fourth-order valence-electron chi connectivity index (χ4n) is 2.01. The third-order valence-corrected chi connectivity index (χ3v) is 3.05. The van der Waals surface area contributed by atoms with Crippen molar-refractivity contribution in [1.29, 1.82) is 0 Å². The molecule has 118 valence electrons. The highest BCUT2D eigenvalue weighted by molar-refractivity contribution is 5.87. The highest BCUT2D eigenvalue weighted by atomic mass is 19.4. The molecule has 0 saturated heterocycles. The standard InChI is InChI=1S/C14H13F3N2O3/c1-9(19-8-18-7-12(19)13(20)21-2)10-4-3-5-11(6-10)22-14(15,16)17/h3-9H,1-2H3. The van der Waals surface area contributed by atoms with Gasteiger partial charge in [0.15, 0.2) is 0 Å². The van der Waals surface area contributed by atoms with Crippen molar-refractivity contribution in [2.75, 3.05) is 7.11 Å². The number of hydrogen-bond donors (Lipinski definition) is 0. The van der Waals surface area contributed by atoms with E-state index >= 15 is 0 Å². The maximum atomic E-state index is 12.3. The van der Waals surface area contributed by atoms with Crippen molar-refractivity contribution in [3.8, 4) is 5.75 Å². The molecule has 0 saturated carbocycles. The van der Waals surface area contributed by atoms with Gasteiger partial charge in [-0.1, -0.05) is 12.1 Å². The number of carbonyl (C=O) groups excluding carboxylic acids is 1. The van der Waals surface area contributed by atoms with Crippen molar-refractivity contribution in [2.45, 2.75) is 19.3 Å². The number of aromatic nitrogens is 2. The van der Waals surface area contributed by atoms with E-state index in [1.807, 2.05) is 0 Å². The van der Waals surface area contributed by atoms with Gasteiger partial charge in [0, 0.05) is 0 Å². The van der Waals surface area contributed by atoms with E-state index in [-0.39, 0.29) is 11.4 Å². The maximum absolute atomic E-state index is 12.3. The second-order valence-electron chi connectivity index (χ2n) is 4.47. The van der Waals surface area contributed by atoms with Crippen molar-refractivity contribution < 1.29 is 27.4 Å². The normalized spacial score (nSPS) is 12.8. The third-order valence-electron chi connectivity index (χ3n) is 3.05. The minimum absolute atomic E-state index is 0.206. The van der Waals surface area contributed by atoms with Gasteiger partial charge in [-0.3, -0.25) is 0 Å². The molecule has 1 heterocycles. The average molecular weight is 314 g/mol. The minimum Gasteiger partial charge on any atom is -0.464 e. The maximum Gasteiger partial charge on any atom is 0.573 e. The summed E-state index contributed by atoms with van der Waals surface area (Å²) < 4.78 is 46.8. The number of carbonyl (C=O) groups is 1. The van der Waals surface area contributed by atoms with E-state index in [2.05, 4.69) is 14.5 Å². The Hall–Kier alpha value is -2.51. The number of ether oxygens (including phenoxy) is 2. The largest absolute Gasteiger partial charge is 0.573 e. The quantitative estimate of drug-likeness (QED) is 0.813. The molecule has 0 fully saturated rings. The summed E-state index contributed by atoms with van der Waals surface area (Å²) >= 11 is 0. The van der Waals surface area contributed by atoms with E-state index in [4.69, 9.17) is 0 Å².